The Labute approximate surface area is 67.8 Å². The van der Waals surface area contributed by atoms with Crippen LogP contribution >= 0.6 is 0 Å². The third-order valence-electron chi connectivity index (χ3n) is 1.21. The van der Waals surface area contributed by atoms with Crippen LogP contribution in [0.3, 0.4) is 0 Å². The molecule has 64 valence electrons. The summed E-state index contributed by atoms with van der Waals surface area (Å²) >= 11 is 0. The molecule has 11 heavy (non-hydrogen) atoms. The van der Waals surface area contributed by atoms with Gasteiger partial charge in [-0.1, -0.05) is 0 Å². The van der Waals surface area contributed by atoms with Crippen molar-refractivity contribution >= 4 is 0 Å². The SMILES string of the molecule is N#CCCNCCNCCN. The van der Waals surface area contributed by atoms with E-state index in [1.165, 1.54) is 0 Å². The van der Waals surface area contributed by atoms with Gasteiger partial charge in [0.05, 0.1) is 6.07 Å². The first kappa shape index (κ1) is 10.4. The lowest BCUT2D eigenvalue weighted by molar-refractivity contribution is 0.619. The summed E-state index contributed by atoms with van der Waals surface area (Å²) in [7, 11) is 0. The number of nitrogens with one attached hydrogen (secondary N) is 2. The Hall–Kier alpha value is -0.630. The summed E-state index contributed by atoms with van der Waals surface area (Å²) < 4.78 is 0. The third kappa shape index (κ3) is 9.37. The van der Waals surface area contributed by atoms with Crippen molar-refractivity contribution < 1.29 is 0 Å². The first-order valence-electron chi connectivity index (χ1n) is 3.90. The molecule has 0 saturated carbocycles. The quantitative estimate of drug-likeness (QED) is 0.415. The van der Waals surface area contributed by atoms with Crippen molar-refractivity contribution in [3.05, 3.63) is 0 Å². The summed E-state index contributed by atoms with van der Waals surface area (Å²) in [6.45, 7) is 4.14. The summed E-state index contributed by atoms with van der Waals surface area (Å²) in [5.74, 6) is 0. The molecule has 4 nitrogen and oxygen atoms in total. The minimum Gasteiger partial charge on any atom is -0.329 e. The van der Waals surface area contributed by atoms with E-state index in [1.807, 2.05) is 0 Å². The fourth-order valence-corrected chi connectivity index (χ4v) is 0.673. The van der Waals surface area contributed by atoms with Gasteiger partial charge in [-0.15, -0.1) is 0 Å². The molecule has 0 aromatic rings. The van der Waals surface area contributed by atoms with E-state index in [1.54, 1.807) is 0 Å². The molecule has 0 rings (SSSR count). The molecule has 0 aliphatic rings. The molecule has 0 unspecified atom stereocenters. The number of nitrogens with zero attached hydrogens (tertiary/aromatic N) is 1. The van der Waals surface area contributed by atoms with E-state index in [0.717, 1.165) is 26.2 Å². The van der Waals surface area contributed by atoms with Crippen molar-refractivity contribution in [3.8, 4) is 6.07 Å². The van der Waals surface area contributed by atoms with Gasteiger partial charge in [-0.3, -0.25) is 0 Å². The van der Waals surface area contributed by atoms with Crippen LogP contribution in [0.4, 0.5) is 0 Å². The number of rotatable bonds is 7. The fourth-order valence-electron chi connectivity index (χ4n) is 0.673. The summed E-state index contributed by atoms with van der Waals surface area (Å²) in [6.07, 6.45) is 0.580. The molecule has 4 heteroatoms. The van der Waals surface area contributed by atoms with Gasteiger partial charge in [0.15, 0.2) is 0 Å². The topological polar surface area (TPSA) is 73.9 Å². The summed E-state index contributed by atoms with van der Waals surface area (Å²) in [4.78, 5) is 0. The molecule has 0 heterocycles. The Kier molecular flexibility index (Phi) is 8.83. The van der Waals surface area contributed by atoms with E-state index in [-0.39, 0.29) is 0 Å². The monoisotopic (exact) mass is 156 g/mol. The van der Waals surface area contributed by atoms with Crippen molar-refractivity contribution in [1.29, 1.82) is 5.26 Å². The number of hydrogen-bond donors (Lipinski definition) is 3. The number of nitrogens with two attached hydrogens (primary N) is 1. The zero-order valence-corrected chi connectivity index (χ0v) is 6.77. The van der Waals surface area contributed by atoms with E-state index in [0.29, 0.717) is 13.0 Å². The molecule has 0 saturated heterocycles. The van der Waals surface area contributed by atoms with Gasteiger partial charge in [0, 0.05) is 39.1 Å². The highest BCUT2D eigenvalue weighted by molar-refractivity contribution is 4.70. The van der Waals surface area contributed by atoms with Gasteiger partial charge in [0.25, 0.3) is 0 Å². The van der Waals surface area contributed by atoms with E-state index < -0.39 is 0 Å². The Morgan fingerprint density at radius 1 is 1.09 bits per heavy atom. The largest absolute Gasteiger partial charge is 0.329 e. The molecular formula is C7H16N4. The normalized spacial score (nSPS) is 9.45. The highest BCUT2D eigenvalue weighted by Crippen LogP contribution is 1.68. The minimum atomic E-state index is 0.580. The van der Waals surface area contributed by atoms with Gasteiger partial charge in [-0.05, 0) is 0 Å². The van der Waals surface area contributed by atoms with E-state index in [9.17, 15) is 0 Å². The number of nitriles is 1. The van der Waals surface area contributed by atoms with Gasteiger partial charge in [-0.25, -0.2) is 0 Å². The predicted molar refractivity (Wildman–Crippen MR) is 45.0 cm³/mol. The highest BCUT2D eigenvalue weighted by Gasteiger charge is 1.85. The van der Waals surface area contributed by atoms with Gasteiger partial charge >= 0.3 is 0 Å². The summed E-state index contributed by atoms with van der Waals surface area (Å²) in [5, 5.41) is 14.4. The van der Waals surface area contributed by atoms with Crippen LogP contribution in [0.1, 0.15) is 6.42 Å². The molecular weight excluding hydrogens is 140 g/mol. The second-order valence-corrected chi connectivity index (χ2v) is 2.20. The predicted octanol–water partition coefficient (Wildman–Crippen LogP) is -0.962. The molecule has 0 bridgehead atoms. The van der Waals surface area contributed by atoms with E-state index >= 15 is 0 Å². The second kappa shape index (κ2) is 9.37. The molecule has 0 aliphatic carbocycles. The Bertz CT molecular complexity index is 107. The molecule has 0 aromatic carbocycles. The molecule has 0 fully saturated rings. The molecule has 0 radical (unpaired) electrons. The van der Waals surface area contributed by atoms with Gasteiger partial charge < -0.3 is 16.4 Å². The summed E-state index contributed by atoms with van der Waals surface area (Å²) in [5.41, 5.74) is 5.26. The highest BCUT2D eigenvalue weighted by atomic mass is 14.9. The minimum absolute atomic E-state index is 0.580. The van der Waals surface area contributed by atoms with Crippen LogP contribution in [0, 0.1) is 11.3 Å². The molecule has 0 spiro atoms. The van der Waals surface area contributed by atoms with Crippen LogP contribution in [-0.2, 0) is 0 Å². The molecule has 0 aromatic heterocycles. The van der Waals surface area contributed by atoms with Crippen LogP contribution < -0.4 is 16.4 Å². The maximum atomic E-state index is 8.18. The average Bonchev–Trinajstić information content (AvgIpc) is 2.03. The first-order chi connectivity index (χ1) is 5.41. The lowest BCUT2D eigenvalue weighted by atomic mass is 10.4. The van der Waals surface area contributed by atoms with Gasteiger partial charge in [0.2, 0.25) is 0 Å². The third-order valence-corrected chi connectivity index (χ3v) is 1.21. The first-order valence-corrected chi connectivity index (χ1v) is 3.90. The van der Waals surface area contributed by atoms with Crippen molar-refractivity contribution in [2.24, 2.45) is 5.73 Å². The van der Waals surface area contributed by atoms with Gasteiger partial charge in [-0.2, -0.15) is 5.26 Å². The van der Waals surface area contributed by atoms with Crippen LogP contribution in [0.15, 0.2) is 0 Å². The Morgan fingerprint density at radius 3 is 2.27 bits per heavy atom. The van der Waals surface area contributed by atoms with Crippen molar-refractivity contribution in [1.82, 2.24) is 10.6 Å². The standard InChI is InChI=1S/C7H16N4/c8-2-1-4-10-6-7-11-5-3-9/h10-11H,1,3-7,9H2. The second-order valence-electron chi connectivity index (χ2n) is 2.20. The maximum absolute atomic E-state index is 8.18. The zero-order valence-electron chi connectivity index (χ0n) is 6.77. The zero-order chi connectivity index (χ0) is 8.36. The maximum Gasteiger partial charge on any atom is 0.0635 e. The molecule has 0 atom stereocenters. The molecule has 0 amide bonds. The van der Waals surface area contributed by atoms with Crippen LogP contribution in [-0.4, -0.2) is 32.7 Å². The Balaban J connectivity index is 2.75. The van der Waals surface area contributed by atoms with Crippen LogP contribution in [0.5, 0.6) is 0 Å². The average molecular weight is 156 g/mol. The lowest BCUT2D eigenvalue weighted by Gasteiger charge is -2.02. The Morgan fingerprint density at radius 2 is 1.73 bits per heavy atom. The van der Waals surface area contributed by atoms with Crippen molar-refractivity contribution in [2.75, 3.05) is 32.7 Å². The van der Waals surface area contributed by atoms with E-state index in [4.69, 9.17) is 11.0 Å². The fraction of sp³-hybridized carbons (Fsp3) is 0.857. The smallest absolute Gasteiger partial charge is 0.0635 e. The van der Waals surface area contributed by atoms with Crippen molar-refractivity contribution in [3.63, 3.8) is 0 Å². The van der Waals surface area contributed by atoms with Crippen LogP contribution in [0.25, 0.3) is 0 Å². The molecule has 4 N–H and O–H groups in total. The van der Waals surface area contributed by atoms with Crippen molar-refractivity contribution in [2.45, 2.75) is 6.42 Å². The van der Waals surface area contributed by atoms with E-state index in [2.05, 4.69) is 16.7 Å². The van der Waals surface area contributed by atoms with Crippen LogP contribution in [0.2, 0.25) is 0 Å². The van der Waals surface area contributed by atoms with Gasteiger partial charge in [0.1, 0.15) is 0 Å². The number of hydrogen-bond acceptors (Lipinski definition) is 4. The summed E-state index contributed by atoms with van der Waals surface area (Å²) in [6, 6.07) is 2.07. The molecule has 0 aliphatic heterocycles. The lowest BCUT2D eigenvalue weighted by Crippen LogP contribution is -2.31.